The number of likely N-dealkylation sites (tertiary alicyclic amines) is 1. The SMILES string of the molecule is COC(=O)C1=C(C)NC(C)=C(C(=O)NCCCN2CCC(c3ccccc3)CC2)C1c1cccc([N+](=O)[O-])c1. The highest BCUT2D eigenvalue weighted by atomic mass is 16.6. The van der Waals surface area contributed by atoms with Crippen molar-refractivity contribution in [2.75, 3.05) is 33.3 Å². The Labute approximate surface area is 229 Å². The van der Waals surface area contributed by atoms with E-state index in [9.17, 15) is 19.7 Å². The van der Waals surface area contributed by atoms with Crippen LogP contribution in [0.3, 0.4) is 0 Å². The van der Waals surface area contributed by atoms with E-state index in [4.69, 9.17) is 4.74 Å². The number of non-ortho nitro benzene ring substituents is 1. The van der Waals surface area contributed by atoms with Crippen molar-refractivity contribution in [2.24, 2.45) is 0 Å². The zero-order chi connectivity index (χ0) is 27.9. The quantitative estimate of drug-likeness (QED) is 0.213. The van der Waals surface area contributed by atoms with Crippen LogP contribution in [0, 0.1) is 10.1 Å². The molecule has 2 aromatic rings. The fourth-order valence-corrected chi connectivity index (χ4v) is 5.64. The molecule has 2 heterocycles. The Morgan fingerprint density at radius 2 is 1.69 bits per heavy atom. The van der Waals surface area contributed by atoms with Gasteiger partial charge in [0.05, 0.1) is 23.5 Å². The first-order valence-electron chi connectivity index (χ1n) is 13.4. The second kappa shape index (κ2) is 12.7. The van der Waals surface area contributed by atoms with Crippen molar-refractivity contribution in [2.45, 2.75) is 44.9 Å². The van der Waals surface area contributed by atoms with Gasteiger partial charge in [0.2, 0.25) is 5.91 Å². The number of hydrogen-bond donors (Lipinski definition) is 2. The van der Waals surface area contributed by atoms with Gasteiger partial charge >= 0.3 is 5.97 Å². The predicted octanol–water partition coefficient (Wildman–Crippen LogP) is 4.39. The standard InChI is InChI=1S/C30H36N4O5/c1-20-26(28(27(21(2)32-20)30(36)39-3)24-11-7-12-25(19-24)34(37)38)29(35)31-15-8-16-33-17-13-23(14-18-33)22-9-5-4-6-10-22/h4-7,9-12,19,23,28,32H,8,13-18H2,1-3H3,(H,31,35). The highest BCUT2D eigenvalue weighted by Gasteiger charge is 2.37. The van der Waals surface area contributed by atoms with Crippen LogP contribution < -0.4 is 10.6 Å². The molecule has 1 atom stereocenters. The van der Waals surface area contributed by atoms with Gasteiger partial charge < -0.3 is 20.3 Å². The van der Waals surface area contributed by atoms with Crippen LogP contribution in [0.5, 0.6) is 0 Å². The molecule has 2 N–H and O–H groups in total. The van der Waals surface area contributed by atoms with Gasteiger partial charge in [-0.25, -0.2) is 4.79 Å². The molecule has 0 saturated carbocycles. The Kier molecular flexibility index (Phi) is 9.14. The summed E-state index contributed by atoms with van der Waals surface area (Å²) in [5.41, 5.74) is 3.53. The number of nitro benzene ring substituents is 1. The number of nitrogens with zero attached hydrogens (tertiary/aromatic N) is 2. The number of allylic oxidation sites excluding steroid dienone is 2. The van der Waals surface area contributed by atoms with E-state index in [-0.39, 0.29) is 17.2 Å². The molecule has 0 radical (unpaired) electrons. The van der Waals surface area contributed by atoms with Gasteiger partial charge in [-0.3, -0.25) is 14.9 Å². The number of dihydropyridines is 1. The first-order chi connectivity index (χ1) is 18.8. The lowest BCUT2D eigenvalue weighted by molar-refractivity contribution is -0.384. The molecule has 9 heteroatoms. The van der Waals surface area contributed by atoms with Crippen LogP contribution in [0.2, 0.25) is 0 Å². The molecule has 0 aromatic heterocycles. The van der Waals surface area contributed by atoms with Crippen LogP contribution in [-0.2, 0) is 14.3 Å². The summed E-state index contributed by atoms with van der Waals surface area (Å²) in [6, 6.07) is 16.7. The van der Waals surface area contributed by atoms with Crippen LogP contribution in [0.4, 0.5) is 5.69 Å². The fraction of sp³-hybridized carbons (Fsp3) is 0.400. The molecule has 2 aliphatic rings. The van der Waals surface area contributed by atoms with Crippen LogP contribution in [0.25, 0.3) is 0 Å². The van der Waals surface area contributed by atoms with Gasteiger partial charge in [0, 0.05) is 35.6 Å². The van der Waals surface area contributed by atoms with Gasteiger partial charge in [0.15, 0.2) is 0 Å². The average molecular weight is 533 g/mol. The maximum Gasteiger partial charge on any atom is 0.336 e. The number of ether oxygens (including phenoxy) is 1. The number of rotatable bonds is 9. The number of benzene rings is 2. The van der Waals surface area contributed by atoms with E-state index >= 15 is 0 Å². The van der Waals surface area contributed by atoms with E-state index in [1.54, 1.807) is 26.0 Å². The maximum absolute atomic E-state index is 13.5. The van der Waals surface area contributed by atoms with Gasteiger partial charge in [-0.15, -0.1) is 0 Å². The van der Waals surface area contributed by atoms with E-state index in [0.717, 1.165) is 38.9 Å². The molecule has 206 valence electrons. The van der Waals surface area contributed by atoms with E-state index in [2.05, 4.69) is 39.8 Å². The molecule has 0 spiro atoms. The van der Waals surface area contributed by atoms with Crippen LogP contribution in [0.15, 0.2) is 77.1 Å². The molecule has 4 rings (SSSR count). The van der Waals surface area contributed by atoms with Crippen molar-refractivity contribution in [3.8, 4) is 0 Å². The van der Waals surface area contributed by atoms with E-state index in [0.29, 0.717) is 35.0 Å². The number of methoxy groups -OCH3 is 1. The summed E-state index contributed by atoms with van der Waals surface area (Å²) >= 11 is 0. The molecule has 2 aromatic carbocycles. The molecule has 0 bridgehead atoms. The highest BCUT2D eigenvalue weighted by molar-refractivity contribution is 6.02. The second-order valence-corrected chi connectivity index (χ2v) is 10.1. The van der Waals surface area contributed by atoms with Crippen LogP contribution >= 0.6 is 0 Å². The van der Waals surface area contributed by atoms with Gasteiger partial charge in [-0.05, 0) is 69.8 Å². The summed E-state index contributed by atoms with van der Waals surface area (Å²) in [6.45, 7) is 6.93. The Hall–Kier alpha value is -3.98. The monoisotopic (exact) mass is 532 g/mol. The number of carbonyl (C=O) groups excluding carboxylic acids is 2. The lowest BCUT2D eigenvalue weighted by Crippen LogP contribution is -2.38. The molecule has 1 amide bonds. The minimum Gasteiger partial charge on any atom is -0.466 e. The highest BCUT2D eigenvalue weighted by Crippen LogP contribution is 2.39. The molecule has 1 unspecified atom stereocenters. The van der Waals surface area contributed by atoms with Gasteiger partial charge in [-0.1, -0.05) is 42.5 Å². The normalized spacial score (nSPS) is 18.5. The summed E-state index contributed by atoms with van der Waals surface area (Å²) in [4.78, 5) is 39.7. The lowest BCUT2D eigenvalue weighted by Gasteiger charge is -2.32. The van der Waals surface area contributed by atoms with Crippen LogP contribution in [0.1, 0.15) is 56.1 Å². The first-order valence-corrected chi connectivity index (χ1v) is 13.4. The Morgan fingerprint density at radius 3 is 2.36 bits per heavy atom. The molecule has 0 aliphatic carbocycles. The first kappa shape index (κ1) is 28.0. The Balaban J connectivity index is 1.41. The summed E-state index contributed by atoms with van der Waals surface area (Å²) < 4.78 is 5.02. The number of amides is 1. The van der Waals surface area contributed by atoms with Crippen molar-refractivity contribution in [1.29, 1.82) is 0 Å². The number of nitro groups is 1. The minimum atomic E-state index is -0.796. The molecular formula is C30H36N4O5. The third kappa shape index (κ3) is 6.54. The van der Waals surface area contributed by atoms with Gasteiger partial charge in [0.25, 0.3) is 5.69 Å². The molecule has 1 saturated heterocycles. The number of hydrogen-bond acceptors (Lipinski definition) is 7. The third-order valence-corrected chi connectivity index (χ3v) is 7.62. The Bertz CT molecular complexity index is 1280. The van der Waals surface area contributed by atoms with Crippen molar-refractivity contribution < 1.29 is 19.2 Å². The fourth-order valence-electron chi connectivity index (χ4n) is 5.64. The topological polar surface area (TPSA) is 114 Å². The van der Waals surface area contributed by atoms with E-state index in [1.807, 2.05) is 6.07 Å². The maximum atomic E-state index is 13.5. The van der Waals surface area contributed by atoms with Crippen molar-refractivity contribution in [1.82, 2.24) is 15.5 Å². The summed E-state index contributed by atoms with van der Waals surface area (Å²) in [5, 5.41) is 17.6. The van der Waals surface area contributed by atoms with E-state index < -0.39 is 16.8 Å². The second-order valence-electron chi connectivity index (χ2n) is 10.1. The average Bonchev–Trinajstić information content (AvgIpc) is 2.95. The van der Waals surface area contributed by atoms with Crippen molar-refractivity contribution in [3.63, 3.8) is 0 Å². The molecule has 1 fully saturated rings. The molecule has 2 aliphatic heterocycles. The predicted molar refractivity (Wildman–Crippen MR) is 149 cm³/mol. The van der Waals surface area contributed by atoms with Crippen LogP contribution in [-0.4, -0.2) is 55.0 Å². The molecular weight excluding hydrogens is 496 g/mol. The zero-order valence-corrected chi connectivity index (χ0v) is 22.7. The number of carbonyl (C=O) groups is 2. The smallest absolute Gasteiger partial charge is 0.336 e. The van der Waals surface area contributed by atoms with Gasteiger partial charge in [0.1, 0.15) is 0 Å². The van der Waals surface area contributed by atoms with Crippen molar-refractivity contribution in [3.05, 3.63) is 98.4 Å². The van der Waals surface area contributed by atoms with Gasteiger partial charge in [-0.2, -0.15) is 0 Å². The third-order valence-electron chi connectivity index (χ3n) is 7.62. The minimum absolute atomic E-state index is 0.110. The van der Waals surface area contributed by atoms with Crippen molar-refractivity contribution >= 4 is 17.6 Å². The largest absolute Gasteiger partial charge is 0.466 e. The van der Waals surface area contributed by atoms with E-state index in [1.165, 1.54) is 24.8 Å². The molecule has 9 nitrogen and oxygen atoms in total. The summed E-state index contributed by atoms with van der Waals surface area (Å²) in [7, 11) is 1.28. The zero-order valence-electron chi connectivity index (χ0n) is 22.7. The number of piperidine rings is 1. The number of esters is 1. The number of nitrogens with one attached hydrogen (secondary N) is 2. The summed E-state index contributed by atoms with van der Waals surface area (Å²) in [5.74, 6) is -1.10. The summed E-state index contributed by atoms with van der Waals surface area (Å²) in [6.07, 6.45) is 3.05. The molecule has 39 heavy (non-hydrogen) atoms. The Morgan fingerprint density at radius 1 is 1.03 bits per heavy atom. The lowest BCUT2D eigenvalue weighted by atomic mass is 9.80.